The number of hydrogen-bond donors (Lipinski definition) is 1. The molecule has 2 aromatic carbocycles. The van der Waals surface area contributed by atoms with Crippen molar-refractivity contribution < 1.29 is 17.9 Å². The average Bonchev–Trinajstić information content (AvgIpc) is 2.76. The van der Waals surface area contributed by atoms with Crippen LogP contribution in [-0.4, -0.2) is 45.4 Å². The van der Waals surface area contributed by atoms with Crippen molar-refractivity contribution in [3.05, 3.63) is 64.7 Å². The predicted octanol–water partition coefficient (Wildman–Crippen LogP) is 3.25. The third kappa shape index (κ3) is 5.97. The molecule has 0 aromatic heterocycles. The molecule has 3 rings (SSSR count). The van der Waals surface area contributed by atoms with Crippen LogP contribution in [0.1, 0.15) is 24.0 Å². The van der Waals surface area contributed by atoms with Crippen LogP contribution in [0.3, 0.4) is 0 Å². The van der Waals surface area contributed by atoms with E-state index in [0.717, 1.165) is 17.7 Å². The van der Waals surface area contributed by atoms with Crippen LogP contribution in [0.25, 0.3) is 0 Å². The van der Waals surface area contributed by atoms with E-state index in [1.54, 1.807) is 31.4 Å². The zero-order chi connectivity index (χ0) is 21.6. The second kappa shape index (κ2) is 10.3. The largest absolute Gasteiger partial charge is 0.497 e. The summed E-state index contributed by atoms with van der Waals surface area (Å²) in [5.41, 5.74) is 1.72. The minimum absolute atomic E-state index is 0.00772. The molecule has 0 spiro atoms. The Hall–Kier alpha value is -2.09. The summed E-state index contributed by atoms with van der Waals surface area (Å²) in [6.07, 6.45) is 1.78. The number of sulfonamides is 1. The number of carbonyl (C=O) groups is 1. The van der Waals surface area contributed by atoms with Crippen molar-refractivity contribution in [2.45, 2.75) is 25.0 Å². The highest BCUT2D eigenvalue weighted by Crippen LogP contribution is 2.24. The standard InChI is InChI=1S/C22H27ClN2O4S/c1-29-20-8-6-17(7-9-20)10-13-24-22(26)18-11-14-25(15-12-18)30(27,28)16-19-4-2-3-5-21(19)23/h2-9,18H,10-16H2,1H3,(H,24,26). The van der Waals surface area contributed by atoms with Gasteiger partial charge in [-0.1, -0.05) is 41.9 Å². The maximum atomic E-state index is 12.7. The molecular weight excluding hydrogens is 424 g/mol. The van der Waals surface area contributed by atoms with Gasteiger partial charge < -0.3 is 10.1 Å². The lowest BCUT2D eigenvalue weighted by Crippen LogP contribution is -2.43. The Balaban J connectivity index is 1.45. The Labute approximate surface area is 183 Å². The van der Waals surface area contributed by atoms with E-state index in [-0.39, 0.29) is 17.6 Å². The van der Waals surface area contributed by atoms with E-state index >= 15 is 0 Å². The van der Waals surface area contributed by atoms with Crippen LogP contribution in [-0.2, 0) is 27.0 Å². The number of nitrogens with one attached hydrogen (secondary N) is 1. The molecule has 1 aliphatic heterocycles. The quantitative estimate of drug-likeness (QED) is 0.669. The molecule has 0 bridgehead atoms. The van der Waals surface area contributed by atoms with Crippen molar-refractivity contribution in [1.29, 1.82) is 0 Å². The number of amides is 1. The van der Waals surface area contributed by atoms with Gasteiger partial charge in [0, 0.05) is 30.6 Å². The summed E-state index contributed by atoms with van der Waals surface area (Å²) in [5, 5.41) is 3.43. The fourth-order valence-corrected chi connectivity index (χ4v) is 5.44. The van der Waals surface area contributed by atoms with E-state index in [2.05, 4.69) is 5.32 Å². The highest BCUT2D eigenvalue weighted by molar-refractivity contribution is 7.88. The first kappa shape index (κ1) is 22.6. The van der Waals surface area contributed by atoms with Crippen LogP contribution >= 0.6 is 11.6 Å². The average molecular weight is 451 g/mol. The summed E-state index contributed by atoms with van der Waals surface area (Å²) in [4.78, 5) is 12.5. The maximum Gasteiger partial charge on any atom is 0.223 e. The molecule has 1 aliphatic rings. The van der Waals surface area contributed by atoms with Crippen LogP contribution in [0.4, 0.5) is 0 Å². The number of hydrogen-bond acceptors (Lipinski definition) is 4. The summed E-state index contributed by atoms with van der Waals surface area (Å²) in [7, 11) is -1.83. The highest BCUT2D eigenvalue weighted by Gasteiger charge is 2.31. The molecule has 1 saturated heterocycles. The van der Waals surface area contributed by atoms with Gasteiger partial charge in [0.05, 0.1) is 12.9 Å². The van der Waals surface area contributed by atoms with E-state index in [1.807, 2.05) is 24.3 Å². The van der Waals surface area contributed by atoms with Gasteiger partial charge in [0.2, 0.25) is 15.9 Å². The molecule has 1 fully saturated rings. The van der Waals surface area contributed by atoms with Gasteiger partial charge >= 0.3 is 0 Å². The Bertz CT molecular complexity index is 955. The summed E-state index contributed by atoms with van der Waals surface area (Å²) < 4.78 is 32.0. The van der Waals surface area contributed by atoms with Gasteiger partial charge in [-0.05, 0) is 48.6 Å². The van der Waals surface area contributed by atoms with E-state index < -0.39 is 10.0 Å². The fourth-order valence-electron chi connectivity index (χ4n) is 3.57. The van der Waals surface area contributed by atoms with Gasteiger partial charge in [-0.25, -0.2) is 12.7 Å². The number of rotatable bonds is 8. The third-order valence-corrected chi connectivity index (χ3v) is 7.58. The van der Waals surface area contributed by atoms with Crippen LogP contribution in [0.15, 0.2) is 48.5 Å². The molecule has 2 aromatic rings. The number of ether oxygens (including phenoxy) is 1. The van der Waals surface area contributed by atoms with E-state index in [4.69, 9.17) is 16.3 Å². The monoisotopic (exact) mass is 450 g/mol. The van der Waals surface area contributed by atoms with Crippen LogP contribution < -0.4 is 10.1 Å². The van der Waals surface area contributed by atoms with Crippen molar-refractivity contribution in [3.8, 4) is 5.75 Å². The zero-order valence-corrected chi connectivity index (χ0v) is 18.6. The normalized spacial score (nSPS) is 15.7. The molecule has 1 amide bonds. The molecule has 0 saturated carbocycles. The molecular formula is C22H27ClN2O4S. The van der Waals surface area contributed by atoms with Crippen molar-refractivity contribution in [3.63, 3.8) is 0 Å². The number of methoxy groups -OCH3 is 1. The maximum absolute atomic E-state index is 12.7. The van der Waals surface area contributed by atoms with Crippen LogP contribution in [0, 0.1) is 5.92 Å². The van der Waals surface area contributed by atoms with Crippen LogP contribution in [0.2, 0.25) is 5.02 Å². The van der Waals surface area contributed by atoms with E-state index in [0.29, 0.717) is 43.1 Å². The van der Waals surface area contributed by atoms with Crippen molar-refractivity contribution in [1.82, 2.24) is 9.62 Å². The molecule has 6 nitrogen and oxygen atoms in total. The smallest absolute Gasteiger partial charge is 0.223 e. The topological polar surface area (TPSA) is 75.7 Å². The van der Waals surface area contributed by atoms with Gasteiger partial charge in [-0.15, -0.1) is 0 Å². The molecule has 30 heavy (non-hydrogen) atoms. The first-order valence-electron chi connectivity index (χ1n) is 10.0. The van der Waals surface area contributed by atoms with Crippen molar-refractivity contribution >= 4 is 27.5 Å². The van der Waals surface area contributed by atoms with Gasteiger partial charge in [-0.2, -0.15) is 0 Å². The minimum atomic E-state index is -3.46. The molecule has 1 N–H and O–H groups in total. The second-order valence-electron chi connectivity index (χ2n) is 7.41. The third-order valence-electron chi connectivity index (χ3n) is 5.39. The Morgan fingerprint density at radius 1 is 1.13 bits per heavy atom. The number of piperidine rings is 1. The fraction of sp³-hybridized carbons (Fsp3) is 0.409. The number of halogens is 1. The van der Waals surface area contributed by atoms with Gasteiger partial charge in [-0.3, -0.25) is 4.79 Å². The van der Waals surface area contributed by atoms with E-state index in [1.165, 1.54) is 4.31 Å². The predicted molar refractivity (Wildman–Crippen MR) is 118 cm³/mol. The lowest BCUT2D eigenvalue weighted by molar-refractivity contribution is -0.126. The number of nitrogens with zero attached hydrogens (tertiary/aromatic N) is 1. The minimum Gasteiger partial charge on any atom is -0.497 e. The SMILES string of the molecule is COc1ccc(CCNC(=O)C2CCN(S(=O)(=O)Cc3ccccc3Cl)CC2)cc1. The number of carbonyl (C=O) groups excluding carboxylic acids is 1. The molecule has 0 aliphatic carbocycles. The summed E-state index contributed by atoms with van der Waals surface area (Å²) in [5.74, 6) is 0.518. The summed E-state index contributed by atoms with van der Waals surface area (Å²) >= 11 is 6.10. The van der Waals surface area contributed by atoms with Crippen molar-refractivity contribution in [2.75, 3.05) is 26.7 Å². The second-order valence-corrected chi connectivity index (χ2v) is 9.79. The molecule has 0 unspecified atom stereocenters. The Kier molecular flexibility index (Phi) is 7.75. The Morgan fingerprint density at radius 3 is 2.43 bits per heavy atom. The molecule has 0 radical (unpaired) electrons. The molecule has 8 heteroatoms. The first-order chi connectivity index (χ1) is 14.4. The lowest BCUT2D eigenvalue weighted by atomic mass is 9.97. The Morgan fingerprint density at radius 2 is 1.80 bits per heavy atom. The van der Waals surface area contributed by atoms with Gasteiger partial charge in [0.15, 0.2) is 0 Å². The first-order valence-corrected chi connectivity index (χ1v) is 12.0. The van der Waals surface area contributed by atoms with Gasteiger partial charge in [0.25, 0.3) is 0 Å². The van der Waals surface area contributed by atoms with Crippen LogP contribution in [0.5, 0.6) is 5.75 Å². The highest BCUT2D eigenvalue weighted by atomic mass is 35.5. The molecule has 1 heterocycles. The molecule has 162 valence electrons. The van der Waals surface area contributed by atoms with Gasteiger partial charge in [0.1, 0.15) is 5.75 Å². The number of benzene rings is 2. The van der Waals surface area contributed by atoms with Crippen molar-refractivity contribution in [2.24, 2.45) is 5.92 Å². The molecule has 0 atom stereocenters. The summed E-state index contributed by atoms with van der Waals surface area (Å²) in [6.45, 7) is 1.25. The van der Waals surface area contributed by atoms with E-state index in [9.17, 15) is 13.2 Å². The zero-order valence-electron chi connectivity index (χ0n) is 17.0. The summed E-state index contributed by atoms with van der Waals surface area (Å²) in [6, 6.07) is 14.7. The lowest BCUT2D eigenvalue weighted by Gasteiger charge is -2.30.